The molecule has 0 saturated heterocycles. The van der Waals surface area contributed by atoms with Crippen molar-refractivity contribution in [2.45, 2.75) is 121 Å². The molecular formula is C37H17F40N5O4. The zero-order valence-electron chi connectivity index (χ0n) is 39.2. The van der Waals surface area contributed by atoms with Crippen molar-refractivity contribution in [1.29, 1.82) is 0 Å². The van der Waals surface area contributed by atoms with E-state index in [9.17, 15) is 158 Å². The van der Waals surface area contributed by atoms with E-state index in [-0.39, 0.29) is 0 Å². The molecule has 86 heavy (non-hydrogen) atoms. The van der Waals surface area contributed by atoms with Crippen molar-refractivity contribution in [3.63, 3.8) is 0 Å². The summed E-state index contributed by atoms with van der Waals surface area (Å²) in [6, 6.07) is -5.02. The van der Waals surface area contributed by atoms with Crippen LogP contribution in [0.3, 0.4) is 0 Å². The van der Waals surface area contributed by atoms with Crippen molar-refractivity contribution in [3.8, 4) is 46.6 Å². The molecule has 0 saturated carbocycles. The number of benzene rings is 1. The molecule has 0 radical (unpaired) electrons. The third kappa shape index (κ3) is 13.3. The Hall–Kier alpha value is -6.29. The van der Waals surface area contributed by atoms with Crippen molar-refractivity contribution < 1.29 is 195 Å². The Morgan fingerprint density at radius 2 is 0.453 bits per heavy atom. The Morgan fingerprint density at radius 1 is 0.256 bits per heavy atom. The van der Waals surface area contributed by atoms with E-state index >= 15 is 17.6 Å². The van der Waals surface area contributed by atoms with Crippen LogP contribution in [-0.4, -0.2) is 147 Å². The molecule has 3 rings (SSSR count). The van der Waals surface area contributed by atoms with E-state index in [1.807, 2.05) is 0 Å². The molecule has 2 heterocycles. The Labute approximate surface area is 443 Å². The lowest BCUT2D eigenvalue weighted by Gasteiger charge is -2.33. The zero-order chi connectivity index (χ0) is 67.7. The summed E-state index contributed by atoms with van der Waals surface area (Å²) in [5.41, 5.74) is -5.47. The predicted molar refractivity (Wildman–Crippen MR) is 190 cm³/mol. The highest BCUT2D eigenvalue weighted by molar-refractivity contribution is 5.67. The van der Waals surface area contributed by atoms with Crippen LogP contribution in [0.5, 0.6) is 23.8 Å². The summed E-state index contributed by atoms with van der Waals surface area (Å²) in [6.45, 7) is -10.1. The molecule has 0 N–H and O–H groups in total. The van der Waals surface area contributed by atoms with Crippen molar-refractivity contribution >= 4 is 0 Å². The summed E-state index contributed by atoms with van der Waals surface area (Å²) in [5.74, 6) is -109. The predicted octanol–water partition coefficient (Wildman–Crippen LogP) is 15.5. The third-order valence-corrected chi connectivity index (χ3v) is 10.4. The summed E-state index contributed by atoms with van der Waals surface area (Å²) in [6.07, 6.45) is -42.5. The lowest BCUT2D eigenvalue weighted by Crippen LogP contribution is -2.61. The first-order valence-electron chi connectivity index (χ1n) is 20.8. The van der Waals surface area contributed by atoms with Crippen LogP contribution in [0, 0.1) is 23.3 Å². The number of nitrogens with zero attached hydrogens (tertiary/aromatic N) is 5. The number of aromatic nitrogens is 5. The van der Waals surface area contributed by atoms with Crippen LogP contribution in [0.4, 0.5) is 176 Å². The van der Waals surface area contributed by atoms with Gasteiger partial charge in [-0.15, -0.1) is 4.98 Å². The Balaban J connectivity index is 2.29. The Morgan fingerprint density at radius 3 is 0.663 bits per heavy atom. The molecule has 494 valence electrons. The topological polar surface area (TPSA) is 101 Å². The number of alkyl halides is 36. The molecule has 0 spiro atoms. The number of hydrogen-bond acceptors (Lipinski definition) is 9. The van der Waals surface area contributed by atoms with Gasteiger partial charge in [0.2, 0.25) is 11.8 Å². The first-order valence-corrected chi connectivity index (χ1v) is 20.8. The van der Waals surface area contributed by atoms with E-state index < -0.39 is 224 Å². The standard InChI is InChI=1S/C37H17F40N5O4/c38-14-12(18-78-10(83-5-1-22(42,43)26(50,51)30(58,59)34(66,67)68)9-11(79-18)84-6-2-23(44,45)27(52,53)31(60,61)35(69,70)71)15(39)17(41)13(16(14)40)19-80-20(85-7-3-24(46,47)28(54,55)32(62,63)36(72,73)74)82-21(81-19)86-8-4-25(48,49)29(56,57)33(64,65)37(75,76)77/h9H,1-8H2. The van der Waals surface area contributed by atoms with E-state index in [0.717, 1.165) is 0 Å². The van der Waals surface area contributed by atoms with Gasteiger partial charge >= 0.3 is 108 Å². The molecule has 9 nitrogen and oxygen atoms in total. The van der Waals surface area contributed by atoms with Gasteiger partial charge in [-0.05, 0) is 0 Å². The maximum absolute atomic E-state index is 15.9. The highest BCUT2D eigenvalue weighted by Crippen LogP contribution is 2.58. The quantitative estimate of drug-likeness (QED) is 0.0574. The van der Waals surface area contributed by atoms with Gasteiger partial charge in [-0.2, -0.15) is 178 Å². The van der Waals surface area contributed by atoms with Gasteiger partial charge in [0.1, 0.15) is 0 Å². The lowest BCUT2D eigenvalue weighted by atomic mass is 10.0. The van der Waals surface area contributed by atoms with Crippen molar-refractivity contribution in [3.05, 3.63) is 29.3 Å². The molecule has 0 aliphatic heterocycles. The number of halogens is 40. The largest absolute Gasteiger partial charge is 0.477 e. The highest BCUT2D eigenvalue weighted by atomic mass is 19.5. The molecular weight excluding hydrogens is 1340 g/mol. The van der Waals surface area contributed by atoms with Crippen LogP contribution in [-0.2, 0) is 0 Å². The molecule has 0 aliphatic rings. The maximum Gasteiger partial charge on any atom is 0.460 e. The molecule has 0 atom stereocenters. The summed E-state index contributed by atoms with van der Waals surface area (Å²) in [7, 11) is 0. The molecule has 0 unspecified atom stereocenters. The first kappa shape index (κ1) is 74.0. The first-order chi connectivity index (χ1) is 37.9. The number of ether oxygens (including phenoxy) is 4. The maximum atomic E-state index is 15.9. The van der Waals surface area contributed by atoms with E-state index in [1.54, 1.807) is 0 Å². The van der Waals surface area contributed by atoms with Crippen LogP contribution in [0.15, 0.2) is 6.07 Å². The second-order valence-electron chi connectivity index (χ2n) is 16.4. The summed E-state index contributed by atoms with van der Waals surface area (Å²) >= 11 is 0. The fourth-order valence-electron chi connectivity index (χ4n) is 5.63. The normalized spacial score (nSPS) is 14.9. The molecule has 0 fully saturated rings. The minimum Gasteiger partial charge on any atom is -0.477 e. The molecule has 0 aliphatic carbocycles. The van der Waals surface area contributed by atoms with Crippen LogP contribution < -0.4 is 18.9 Å². The highest BCUT2D eigenvalue weighted by Gasteiger charge is 2.84. The van der Waals surface area contributed by atoms with Gasteiger partial charge in [0.25, 0.3) is 0 Å². The van der Waals surface area contributed by atoms with Gasteiger partial charge in [-0.25, -0.2) is 17.6 Å². The van der Waals surface area contributed by atoms with Crippen molar-refractivity contribution in [1.82, 2.24) is 24.9 Å². The van der Waals surface area contributed by atoms with Crippen LogP contribution >= 0.6 is 0 Å². The van der Waals surface area contributed by atoms with Crippen molar-refractivity contribution in [2.24, 2.45) is 0 Å². The van der Waals surface area contributed by atoms with Crippen LogP contribution in [0.2, 0.25) is 0 Å². The molecule has 1 aromatic carbocycles. The summed E-state index contributed by atoms with van der Waals surface area (Å²) in [4.78, 5) is 13.4. The zero-order valence-corrected chi connectivity index (χ0v) is 39.2. The fourth-order valence-corrected chi connectivity index (χ4v) is 5.63. The van der Waals surface area contributed by atoms with Gasteiger partial charge in [0.15, 0.2) is 34.9 Å². The van der Waals surface area contributed by atoms with Gasteiger partial charge in [0, 0.05) is 0 Å². The molecule has 0 bridgehead atoms. The smallest absolute Gasteiger partial charge is 0.460 e. The van der Waals surface area contributed by atoms with Crippen LogP contribution in [0.25, 0.3) is 22.8 Å². The summed E-state index contributed by atoms with van der Waals surface area (Å²) in [5, 5.41) is 0. The van der Waals surface area contributed by atoms with E-state index in [0.29, 0.717) is 0 Å². The average molecular weight is 1360 g/mol. The van der Waals surface area contributed by atoms with E-state index in [2.05, 4.69) is 43.9 Å². The van der Waals surface area contributed by atoms with Crippen molar-refractivity contribution in [2.75, 3.05) is 26.4 Å². The SMILES string of the molecule is Fc1c(F)c(-c2nc(OCCC(F)(F)C(F)(F)C(F)(F)C(F)(F)F)nc(OCCC(F)(F)C(F)(F)C(F)(F)C(F)(F)F)n2)c(F)c(F)c1-c1nc(OCCC(F)(F)C(F)(F)C(F)(F)C(F)(F)F)cc(OCCC(F)(F)C(F)(F)C(F)(F)C(F)(F)F)n1. The molecule has 3 aromatic rings. The Kier molecular flexibility index (Phi) is 19.8. The number of rotatable bonds is 26. The minimum absolute atomic E-state index is 0.410. The average Bonchev–Trinajstić information content (AvgIpc) is 0.897. The molecule has 0 amide bonds. The number of hydrogen-bond donors (Lipinski definition) is 0. The molecule has 49 heteroatoms. The lowest BCUT2D eigenvalue weighted by molar-refractivity contribution is -0.397. The molecule has 2 aromatic heterocycles. The third-order valence-electron chi connectivity index (χ3n) is 10.4. The minimum atomic E-state index is -7.65. The van der Waals surface area contributed by atoms with Gasteiger partial charge in [-0.3, -0.25) is 0 Å². The van der Waals surface area contributed by atoms with Gasteiger partial charge < -0.3 is 18.9 Å². The summed E-state index contributed by atoms with van der Waals surface area (Å²) < 4.78 is 562. The van der Waals surface area contributed by atoms with E-state index in [1.165, 1.54) is 0 Å². The second-order valence-corrected chi connectivity index (χ2v) is 16.4. The van der Waals surface area contributed by atoms with E-state index in [4.69, 9.17) is 0 Å². The monoisotopic (exact) mass is 1360 g/mol. The fraction of sp³-hybridized carbons (Fsp3) is 0.649. The van der Waals surface area contributed by atoms with Gasteiger partial charge in [0.05, 0.1) is 69.3 Å². The second kappa shape index (κ2) is 23.0. The van der Waals surface area contributed by atoms with Crippen LogP contribution in [0.1, 0.15) is 25.7 Å². The Bertz CT molecular complexity index is 2510. The van der Waals surface area contributed by atoms with Gasteiger partial charge in [-0.1, -0.05) is 0 Å².